The Bertz CT molecular complexity index is 702. The summed E-state index contributed by atoms with van der Waals surface area (Å²) in [6, 6.07) is 3.02. The summed E-state index contributed by atoms with van der Waals surface area (Å²) in [6.45, 7) is 0. The molecule has 0 heterocycles. The van der Waals surface area contributed by atoms with Gasteiger partial charge in [-0.1, -0.05) is 46.4 Å². The molecule has 5 nitrogen and oxygen atoms in total. The van der Waals surface area contributed by atoms with Crippen LogP contribution in [-0.4, -0.2) is 33.5 Å². The van der Waals surface area contributed by atoms with E-state index in [-0.39, 0.29) is 54.2 Å². The van der Waals surface area contributed by atoms with Gasteiger partial charge >= 0.3 is 0 Å². The zero-order valence-corrected chi connectivity index (χ0v) is 17.3. The monoisotopic (exact) mass is 440 g/mol. The SMILES string of the molecule is COc1cc(OC)c(Cl)c(C(O)c2c(Cl)c(OC)cc(OC)c2Cl)c1Cl. The van der Waals surface area contributed by atoms with E-state index < -0.39 is 6.10 Å². The molecule has 0 spiro atoms. The van der Waals surface area contributed by atoms with Gasteiger partial charge in [-0.15, -0.1) is 0 Å². The highest BCUT2D eigenvalue weighted by Gasteiger charge is 2.30. The lowest BCUT2D eigenvalue weighted by Crippen LogP contribution is -2.07. The largest absolute Gasteiger partial charge is 0.495 e. The Morgan fingerprint density at radius 2 is 0.846 bits per heavy atom. The van der Waals surface area contributed by atoms with Gasteiger partial charge < -0.3 is 24.1 Å². The minimum Gasteiger partial charge on any atom is -0.495 e. The van der Waals surface area contributed by atoms with E-state index in [0.29, 0.717) is 0 Å². The van der Waals surface area contributed by atoms with E-state index in [1.165, 1.54) is 40.6 Å². The molecule has 0 unspecified atom stereocenters. The van der Waals surface area contributed by atoms with Gasteiger partial charge in [0.05, 0.1) is 48.5 Å². The number of halogens is 4. The zero-order chi connectivity index (χ0) is 19.6. The van der Waals surface area contributed by atoms with Crippen molar-refractivity contribution in [3.63, 3.8) is 0 Å². The maximum atomic E-state index is 11.0. The highest BCUT2D eigenvalue weighted by molar-refractivity contribution is 6.39. The number of benzene rings is 2. The predicted molar refractivity (Wildman–Crippen MR) is 103 cm³/mol. The molecule has 0 fully saturated rings. The van der Waals surface area contributed by atoms with Crippen molar-refractivity contribution in [3.05, 3.63) is 43.4 Å². The normalized spacial score (nSPS) is 10.8. The van der Waals surface area contributed by atoms with E-state index in [9.17, 15) is 5.11 Å². The highest BCUT2D eigenvalue weighted by atomic mass is 35.5. The molecule has 142 valence electrons. The van der Waals surface area contributed by atoms with Gasteiger partial charge in [0.1, 0.15) is 29.1 Å². The van der Waals surface area contributed by atoms with E-state index >= 15 is 0 Å². The second-order valence-corrected chi connectivity index (χ2v) is 6.56. The maximum absolute atomic E-state index is 11.0. The third-order valence-electron chi connectivity index (χ3n) is 3.76. The Balaban J connectivity index is 2.80. The predicted octanol–water partition coefficient (Wildman–Crippen LogP) is 5.42. The summed E-state index contributed by atoms with van der Waals surface area (Å²) >= 11 is 25.5. The van der Waals surface area contributed by atoms with Gasteiger partial charge in [-0.25, -0.2) is 0 Å². The lowest BCUT2D eigenvalue weighted by molar-refractivity contribution is 0.218. The van der Waals surface area contributed by atoms with Gasteiger partial charge in [0.15, 0.2) is 0 Å². The van der Waals surface area contributed by atoms with Crippen molar-refractivity contribution in [1.29, 1.82) is 0 Å². The first-order valence-electron chi connectivity index (χ1n) is 7.20. The lowest BCUT2D eigenvalue weighted by atomic mass is 9.99. The average Bonchev–Trinajstić information content (AvgIpc) is 2.62. The van der Waals surface area contributed by atoms with Crippen LogP contribution in [0.1, 0.15) is 17.2 Å². The molecule has 9 heteroatoms. The zero-order valence-electron chi connectivity index (χ0n) is 14.3. The van der Waals surface area contributed by atoms with Crippen LogP contribution in [0.25, 0.3) is 0 Å². The third-order valence-corrected chi connectivity index (χ3v) is 5.32. The molecule has 0 atom stereocenters. The molecule has 0 amide bonds. The summed E-state index contributed by atoms with van der Waals surface area (Å²) < 4.78 is 20.9. The molecule has 0 aliphatic carbocycles. The Morgan fingerprint density at radius 3 is 1.04 bits per heavy atom. The van der Waals surface area contributed by atoms with Gasteiger partial charge in [-0.3, -0.25) is 0 Å². The van der Waals surface area contributed by atoms with Crippen LogP contribution in [0.15, 0.2) is 12.1 Å². The van der Waals surface area contributed by atoms with Crippen molar-refractivity contribution in [2.45, 2.75) is 6.10 Å². The minimum atomic E-state index is -1.40. The molecule has 0 aliphatic heterocycles. The number of methoxy groups -OCH3 is 4. The van der Waals surface area contributed by atoms with E-state index in [0.717, 1.165) is 0 Å². The molecule has 0 aromatic heterocycles. The molecule has 26 heavy (non-hydrogen) atoms. The molecular weight excluding hydrogens is 426 g/mol. The van der Waals surface area contributed by atoms with Crippen LogP contribution in [0.5, 0.6) is 23.0 Å². The summed E-state index contributed by atoms with van der Waals surface area (Å²) in [5.74, 6) is 1.07. The number of hydrogen-bond acceptors (Lipinski definition) is 5. The van der Waals surface area contributed by atoms with Crippen LogP contribution in [0, 0.1) is 0 Å². The molecule has 0 radical (unpaired) electrons. The fourth-order valence-corrected chi connectivity index (χ4v) is 3.85. The summed E-state index contributed by atoms with van der Waals surface area (Å²) in [5.41, 5.74) is 0.257. The molecule has 0 saturated heterocycles. The number of hydrogen-bond donors (Lipinski definition) is 1. The van der Waals surface area contributed by atoms with Gasteiger partial charge in [0, 0.05) is 23.3 Å². The Labute approximate surface area is 171 Å². The number of ether oxygens (including phenoxy) is 4. The summed E-state index contributed by atoms with van der Waals surface area (Å²) in [6.07, 6.45) is -1.40. The third kappa shape index (κ3) is 3.59. The molecule has 2 aromatic rings. The van der Waals surface area contributed by atoms with Crippen molar-refractivity contribution >= 4 is 46.4 Å². The van der Waals surface area contributed by atoms with Gasteiger partial charge in [-0.05, 0) is 0 Å². The van der Waals surface area contributed by atoms with E-state index in [2.05, 4.69) is 0 Å². The van der Waals surface area contributed by atoms with Gasteiger partial charge in [0.2, 0.25) is 0 Å². The fourth-order valence-electron chi connectivity index (χ4n) is 2.43. The van der Waals surface area contributed by atoms with Crippen LogP contribution >= 0.6 is 46.4 Å². The van der Waals surface area contributed by atoms with Crippen LogP contribution < -0.4 is 18.9 Å². The Hall–Kier alpha value is -1.24. The maximum Gasteiger partial charge on any atom is 0.141 e. The van der Waals surface area contributed by atoms with Crippen molar-refractivity contribution < 1.29 is 24.1 Å². The van der Waals surface area contributed by atoms with Crippen LogP contribution in [0.3, 0.4) is 0 Å². The number of rotatable bonds is 6. The van der Waals surface area contributed by atoms with Gasteiger partial charge in [-0.2, -0.15) is 0 Å². The molecule has 0 saturated carbocycles. The first-order valence-corrected chi connectivity index (χ1v) is 8.71. The molecular formula is C17H16Cl4O5. The standard InChI is InChI=1S/C17H16Cl4O5/c1-23-7-5-8(24-2)14(19)11(13(7)18)17(22)12-15(20)9(25-3)6-10(26-4)16(12)21/h5-6,17,22H,1-4H3. The summed E-state index contributed by atoms with van der Waals surface area (Å²) in [5, 5.41) is 11.4. The summed E-state index contributed by atoms with van der Waals surface area (Å²) in [4.78, 5) is 0. The van der Waals surface area contributed by atoms with Crippen molar-refractivity contribution in [2.75, 3.05) is 28.4 Å². The Kier molecular flexibility index (Phi) is 6.99. The fraction of sp³-hybridized carbons (Fsp3) is 0.294. The number of aliphatic hydroxyl groups is 1. The molecule has 2 aromatic carbocycles. The Morgan fingerprint density at radius 1 is 0.615 bits per heavy atom. The van der Waals surface area contributed by atoms with Crippen LogP contribution in [-0.2, 0) is 0 Å². The minimum absolute atomic E-state index is 0.0970. The highest BCUT2D eigenvalue weighted by Crippen LogP contribution is 2.50. The van der Waals surface area contributed by atoms with E-state index in [1.54, 1.807) is 0 Å². The summed E-state index contributed by atoms with van der Waals surface area (Å²) in [7, 11) is 5.72. The van der Waals surface area contributed by atoms with E-state index in [4.69, 9.17) is 65.4 Å². The van der Waals surface area contributed by atoms with Gasteiger partial charge in [0.25, 0.3) is 0 Å². The quantitative estimate of drug-likeness (QED) is 0.648. The van der Waals surface area contributed by atoms with Crippen molar-refractivity contribution in [2.24, 2.45) is 0 Å². The first-order chi connectivity index (χ1) is 12.3. The molecule has 2 rings (SSSR count). The second-order valence-electron chi connectivity index (χ2n) is 5.05. The lowest BCUT2D eigenvalue weighted by Gasteiger charge is -2.22. The van der Waals surface area contributed by atoms with Crippen LogP contribution in [0.4, 0.5) is 0 Å². The van der Waals surface area contributed by atoms with Crippen molar-refractivity contribution in [3.8, 4) is 23.0 Å². The molecule has 0 aliphatic rings. The molecule has 0 bridgehead atoms. The second kappa shape index (κ2) is 8.63. The van der Waals surface area contributed by atoms with E-state index in [1.807, 2.05) is 0 Å². The number of aliphatic hydroxyl groups excluding tert-OH is 1. The van der Waals surface area contributed by atoms with Crippen molar-refractivity contribution in [1.82, 2.24) is 0 Å². The first kappa shape index (κ1) is 21.1. The molecule has 1 N–H and O–H groups in total. The average molecular weight is 442 g/mol. The topological polar surface area (TPSA) is 57.2 Å². The smallest absolute Gasteiger partial charge is 0.141 e. The van der Waals surface area contributed by atoms with Crippen LogP contribution in [0.2, 0.25) is 20.1 Å².